The number of hydrogen-bond donors (Lipinski definition) is 5. The molecule has 6 fully saturated rings. The second-order valence-corrected chi connectivity index (χ2v) is 13.0. The fraction of sp³-hybridized carbons (Fsp3) is 0.550. The topological polar surface area (TPSA) is 332 Å². The minimum Gasteiger partial charge on any atom is -0.545 e. The van der Waals surface area contributed by atoms with E-state index in [2.05, 4.69) is 69.8 Å². The molecule has 0 radical (unpaired) electrons. The molecule has 0 atom stereocenters. The summed E-state index contributed by atoms with van der Waals surface area (Å²) in [6, 6.07) is 0. The van der Waals surface area contributed by atoms with Gasteiger partial charge in [-0.25, -0.2) is 63.4 Å². The number of hydrogen-bond acceptors (Lipinski definition) is 12. The molecule has 0 aromatic rings. The molecule has 0 unspecified atom stereocenters. The molecule has 0 spiro atoms. The van der Waals surface area contributed by atoms with Gasteiger partial charge in [0.2, 0.25) is 5.78 Å². The number of carboxylic acids is 5. The number of nitrogens with zero attached hydrogens (tertiary/aromatic N) is 6. The monoisotopic (exact) mass is 1080 g/mol. The van der Waals surface area contributed by atoms with Gasteiger partial charge in [-0.3, -0.25) is 69.8 Å². The third-order valence-electron chi connectivity index (χ3n) is 9.64. The number of aliphatic carboxylic acids is 5. The quantitative estimate of drug-likeness (QED) is 0.145. The van der Waals surface area contributed by atoms with Crippen LogP contribution in [-0.2, 0) is 99.7 Å². The number of ketones is 1. The standard InChI is InChI=1S/C7H9NO.2C6H7NO2.3C5H5NO2.6CHO.2Mo/c1-6(9)7(8-2)4-3-5-7;2*1-7-6(5(8)9)3-2-4-6;3*1-6-5(2-3-5)4(7)8;6*1-2;;/h3-5H2,1H3;2*2-4H2,(H,8,9);3*2-3H2,(H,7,8);6*1H;;/q;;;;;;6*-1;;. The normalized spacial score (nSPS) is 17.3. The second kappa shape index (κ2) is 39.0. The van der Waals surface area contributed by atoms with Crippen LogP contribution in [0.15, 0.2) is 0 Å². The van der Waals surface area contributed by atoms with Crippen molar-refractivity contribution in [3.8, 4) is 0 Å². The van der Waals surface area contributed by atoms with Crippen LogP contribution in [0, 0.1) is 39.4 Å². The van der Waals surface area contributed by atoms with Gasteiger partial charge in [-0.2, -0.15) is 0 Å². The Labute approximate surface area is 404 Å². The summed E-state index contributed by atoms with van der Waals surface area (Å²) in [5.74, 6) is -4.76. The number of carbonyl (C=O) groups excluding carboxylic acids is 7. The number of carboxylic acid groups (broad SMARTS) is 5. The molecule has 0 heterocycles. The predicted molar refractivity (Wildman–Crippen MR) is 215 cm³/mol. The van der Waals surface area contributed by atoms with E-state index < -0.39 is 63.1 Å². The molecular weight excluding hydrogens is 1030 g/mol. The van der Waals surface area contributed by atoms with Gasteiger partial charge in [0.05, 0.1) is 0 Å². The van der Waals surface area contributed by atoms with Crippen molar-refractivity contribution >= 4 is 76.4 Å². The molecule has 354 valence electrons. The van der Waals surface area contributed by atoms with Gasteiger partial charge in [-0.15, -0.1) is 0 Å². The molecule has 6 rings (SSSR count). The Hall–Kier alpha value is -6.64. The SMILES string of the molecule is [C-]#[N+]C1(C(=O)O)CC1.[C-]#[N+]C1(C(=O)O)CC1.[C-]#[N+]C1(C(=O)O)CC1.[C-]#[N+]C1(C(=O)O)CCC1.[C-]#[N+]C1(C(=O)O)CCC1.[C-]#[N+]C1(C(C)=O)CCC1.[CH-]=O.[CH-]=O.[CH-]=O.[CH-]=O.[CH-]=O.[CH-]=O.[Mo].[Mo]. The van der Waals surface area contributed by atoms with Crippen molar-refractivity contribution in [1.82, 2.24) is 0 Å². The van der Waals surface area contributed by atoms with E-state index >= 15 is 0 Å². The first-order chi connectivity index (χ1) is 29.8. The van der Waals surface area contributed by atoms with Crippen LogP contribution in [0.3, 0.4) is 0 Å². The summed E-state index contributed by atoms with van der Waals surface area (Å²) < 4.78 is 0. The molecule has 6 aliphatic rings. The molecule has 0 bridgehead atoms. The van der Waals surface area contributed by atoms with Gasteiger partial charge in [0.15, 0.2) is 0 Å². The second-order valence-electron chi connectivity index (χ2n) is 13.0. The van der Waals surface area contributed by atoms with Gasteiger partial charge in [-0.1, -0.05) is 0 Å². The number of Topliss-reactive ketones (excluding diaryl/α,β-unsaturated/α-hetero) is 1. The minimum atomic E-state index is -1.03. The molecule has 23 nitrogen and oxygen atoms in total. The first-order valence-electron chi connectivity index (χ1n) is 17.2. The van der Waals surface area contributed by atoms with Gasteiger partial charge in [0.25, 0.3) is 5.54 Å². The van der Waals surface area contributed by atoms with Gasteiger partial charge in [0, 0.05) is 126 Å². The molecule has 0 amide bonds. The number of carbonyl (C=O) groups is 6. The van der Waals surface area contributed by atoms with Crippen molar-refractivity contribution in [3.63, 3.8) is 0 Å². The molecule has 0 saturated heterocycles. The molecule has 6 saturated carbocycles. The van der Waals surface area contributed by atoms with E-state index in [0.29, 0.717) is 64.2 Å². The first-order valence-corrected chi connectivity index (χ1v) is 17.2. The van der Waals surface area contributed by atoms with E-state index in [-0.39, 0.29) is 47.9 Å². The van der Waals surface area contributed by atoms with E-state index in [1.54, 1.807) is 0 Å². The predicted octanol–water partition coefficient (Wildman–Crippen LogP) is 3.16. The Bertz CT molecular complexity index is 1570. The Morgan fingerprint density at radius 3 is 0.446 bits per heavy atom. The van der Waals surface area contributed by atoms with Gasteiger partial charge in [-0.05, 0) is 19.3 Å². The molecule has 0 aromatic heterocycles. The van der Waals surface area contributed by atoms with Crippen molar-refractivity contribution in [1.29, 1.82) is 0 Å². The molecule has 65 heavy (non-hydrogen) atoms. The summed E-state index contributed by atoms with van der Waals surface area (Å²) >= 11 is 0. The van der Waals surface area contributed by atoms with Gasteiger partial charge >= 0.3 is 57.5 Å². The summed E-state index contributed by atoms with van der Waals surface area (Å²) in [6.07, 6.45) is 9.71. The van der Waals surface area contributed by atoms with Crippen molar-refractivity contribution < 1.29 is 125 Å². The number of rotatable bonds is 6. The Morgan fingerprint density at radius 1 is 0.323 bits per heavy atom. The van der Waals surface area contributed by atoms with Crippen LogP contribution < -0.4 is 0 Å². The minimum absolute atomic E-state index is 0. The van der Waals surface area contributed by atoms with Crippen molar-refractivity contribution in [2.45, 2.75) is 136 Å². The van der Waals surface area contributed by atoms with Crippen LogP contribution in [0.1, 0.15) is 103 Å². The van der Waals surface area contributed by atoms with Crippen LogP contribution in [0.5, 0.6) is 0 Å². The summed E-state index contributed by atoms with van der Waals surface area (Å²) in [7, 11) is 0. The summed E-state index contributed by atoms with van der Waals surface area (Å²) in [4.78, 5) is 127. The fourth-order valence-electron chi connectivity index (χ4n) is 4.30. The zero-order valence-corrected chi connectivity index (χ0v) is 38.7. The maximum atomic E-state index is 10.8. The van der Waals surface area contributed by atoms with E-state index in [4.69, 9.17) is 93.7 Å². The molecule has 25 heteroatoms. The maximum Gasteiger partial charge on any atom is 0.390 e. The van der Waals surface area contributed by atoms with Crippen LogP contribution in [0.25, 0.3) is 29.1 Å². The molecule has 6 aliphatic carbocycles. The third kappa shape index (κ3) is 23.6. The van der Waals surface area contributed by atoms with Crippen LogP contribution in [0.2, 0.25) is 0 Å². The average Bonchev–Trinajstić information content (AvgIpc) is 4.13. The fourth-order valence-corrected chi connectivity index (χ4v) is 4.30. The largest absolute Gasteiger partial charge is 0.545 e. The summed E-state index contributed by atoms with van der Waals surface area (Å²) in [5.41, 5.74) is -5.64. The zero-order valence-electron chi connectivity index (χ0n) is 34.7. The van der Waals surface area contributed by atoms with Crippen LogP contribution in [-0.4, -0.2) is 135 Å². The summed E-state index contributed by atoms with van der Waals surface area (Å²) in [5, 5.41) is 41.8. The van der Waals surface area contributed by atoms with Crippen molar-refractivity contribution in [3.05, 3.63) is 68.5 Å². The van der Waals surface area contributed by atoms with E-state index in [9.17, 15) is 28.8 Å². The Morgan fingerprint density at radius 2 is 0.446 bits per heavy atom. The van der Waals surface area contributed by atoms with Crippen LogP contribution in [0.4, 0.5) is 0 Å². The molecule has 5 N–H and O–H groups in total. The van der Waals surface area contributed by atoms with Gasteiger partial charge < -0.3 is 59.1 Å². The van der Waals surface area contributed by atoms with E-state index in [1.807, 2.05) is 0 Å². The van der Waals surface area contributed by atoms with Crippen molar-refractivity contribution in [2.75, 3.05) is 0 Å². The molecule has 0 aliphatic heterocycles. The average molecular weight is 1070 g/mol. The first kappa shape index (κ1) is 75.7. The Kier molecular flexibility index (Phi) is 45.4. The zero-order chi connectivity index (χ0) is 51.3. The molecular formula is C40H44Mo2N6O17-6. The van der Waals surface area contributed by atoms with E-state index in [1.165, 1.54) is 6.92 Å². The van der Waals surface area contributed by atoms with Crippen LogP contribution >= 0.6 is 0 Å². The van der Waals surface area contributed by atoms with E-state index in [0.717, 1.165) is 32.1 Å². The van der Waals surface area contributed by atoms with Crippen molar-refractivity contribution in [2.24, 2.45) is 0 Å². The van der Waals surface area contributed by atoms with Gasteiger partial charge in [0.1, 0.15) is 0 Å². The summed E-state index contributed by atoms with van der Waals surface area (Å²) in [6.45, 7) is 60.2. The smallest absolute Gasteiger partial charge is 0.390 e. The third-order valence-corrected chi connectivity index (χ3v) is 9.64. The molecule has 0 aromatic carbocycles. The maximum absolute atomic E-state index is 10.8. The Balaban J connectivity index is -0.0000000949.